The Hall–Kier alpha value is -2.59. The first-order valence-corrected chi connectivity index (χ1v) is 8.60. The summed E-state index contributed by atoms with van der Waals surface area (Å²) in [6, 6.07) is 15.7. The molecule has 2 heterocycles. The SMILES string of the molecule is COc1ccc(-n2c(C)c3sc4ccc(C)cc4c3cc2=O)cc1. The topological polar surface area (TPSA) is 31.2 Å². The summed E-state index contributed by atoms with van der Waals surface area (Å²) in [5.74, 6) is 0.780. The summed E-state index contributed by atoms with van der Waals surface area (Å²) >= 11 is 1.74. The predicted octanol–water partition coefficient (Wildman–Crippen LogP) is 4.83. The van der Waals surface area contributed by atoms with Gasteiger partial charge >= 0.3 is 0 Å². The second-order valence-electron chi connectivity index (χ2n) is 5.95. The molecule has 24 heavy (non-hydrogen) atoms. The molecule has 0 atom stereocenters. The molecule has 0 unspecified atom stereocenters. The fraction of sp³-hybridized carbons (Fsp3) is 0.150. The Morgan fingerprint density at radius 1 is 0.958 bits per heavy atom. The molecule has 0 N–H and O–H groups in total. The van der Waals surface area contributed by atoms with Crippen LogP contribution in [-0.2, 0) is 0 Å². The van der Waals surface area contributed by atoms with Crippen molar-refractivity contribution in [3.63, 3.8) is 0 Å². The average molecular weight is 335 g/mol. The number of rotatable bonds is 2. The summed E-state index contributed by atoms with van der Waals surface area (Å²) in [7, 11) is 1.64. The highest BCUT2D eigenvalue weighted by atomic mass is 32.1. The molecule has 0 radical (unpaired) electrons. The van der Waals surface area contributed by atoms with Gasteiger partial charge in [0.25, 0.3) is 5.56 Å². The summed E-state index contributed by atoms with van der Waals surface area (Å²) < 4.78 is 9.34. The van der Waals surface area contributed by atoms with Crippen molar-refractivity contribution < 1.29 is 4.74 Å². The van der Waals surface area contributed by atoms with E-state index in [4.69, 9.17) is 4.74 Å². The van der Waals surface area contributed by atoms with E-state index >= 15 is 0 Å². The third-order valence-electron chi connectivity index (χ3n) is 4.36. The fourth-order valence-corrected chi connectivity index (χ4v) is 4.30. The van der Waals surface area contributed by atoms with Crippen LogP contribution in [-0.4, -0.2) is 11.7 Å². The minimum atomic E-state index is -0.00799. The van der Waals surface area contributed by atoms with Crippen LogP contribution in [0, 0.1) is 13.8 Å². The molecule has 0 aliphatic rings. The molecular formula is C20H17NO2S. The van der Waals surface area contributed by atoms with E-state index in [0.717, 1.165) is 32.6 Å². The van der Waals surface area contributed by atoms with Gasteiger partial charge in [-0.3, -0.25) is 9.36 Å². The monoisotopic (exact) mass is 335 g/mol. The summed E-state index contributed by atoms with van der Waals surface area (Å²) in [4.78, 5) is 12.8. The van der Waals surface area contributed by atoms with Crippen LogP contribution in [0.2, 0.25) is 0 Å². The van der Waals surface area contributed by atoms with Gasteiger partial charge in [0.15, 0.2) is 0 Å². The molecule has 0 aliphatic carbocycles. The van der Waals surface area contributed by atoms with Crippen LogP contribution in [0.5, 0.6) is 5.75 Å². The number of aryl methyl sites for hydroxylation is 2. The molecule has 0 bridgehead atoms. The van der Waals surface area contributed by atoms with Gasteiger partial charge in [0.1, 0.15) is 5.75 Å². The van der Waals surface area contributed by atoms with Crippen LogP contribution in [0.1, 0.15) is 11.3 Å². The molecule has 0 aliphatic heterocycles. The number of pyridine rings is 1. The quantitative estimate of drug-likeness (QED) is 0.525. The molecule has 0 fully saturated rings. The van der Waals surface area contributed by atoms with E-state index in [9.17, 15) is 4.79 Å². The van der Waals surface area contributed by atoms with Crippen molar-refractivity contribution in [2.75, 3.05) is 7.11 Å². The van der Waals surface area contributed by atoms with Crippen LogP contribution in [0.3, 0.4) is 0 Å². The van der Waals surface area contributed by atoms with Gasteiger partial charge in [-0.1, -0.05) is 11.6 Å². The zero-order valence-electron chi connectivity index (χ0n) is 13.8. The third kappa shape index (κ3) is 2.22. The van der Waals surface area contributed by atoms with E-state index < -0.39 is 0 Å². The van der Waals surface area contributed by atoms with Gasteiger partial charge in [0.05, 0.1) is 11.8 Å². The highest BCUT2D eigenvalue weighted by Crippen LogP contribution is 2.35. The highest BCUT2D eigenvalue weighted by Gasteiger charge is 2.13. The number of thiophene rings is 1. The number of ether oxygens (including phenoxy) is 1. The Balaban J connectivity index is 2.03. The standard InChI is InChI=1S/C20H17NO2S/c1-12-4-9-18-16(10-12)17-11-19(22)21(13(2)20(17)24-18)14-5-7-15(23-3)8-6-14/h4-11H,1-3H3. The Morgan fingerprint density at radius 2 is 1.71 bits per heavy atom. The number of aromatic nitrogens is 1. The number of nitrogens with zero attached hydrogens (tertiary/aromatic N) is 1. The number of benzene rings is 2. The molecule has 0 saturated carbocycles. The van der Waals surface area contributed by atoms with Gasteiger partial charge in [-0.05, 0) is 50.2 Å². The predicted molar refractivity (Wildman–Crippen MR) is 101 cm³/mol. The van der Waals surface area contributed by atoms with E-state index in [2.05, 4.69) is 25.1 Å². The summed E-state index contributed by atoms with van der Waals surface area (Å²) in [6.45, 7) is 4.09. The maximum absolute atomic E-state index is 12.8. The van der Waals surface area contributed by atoms with Crippen molar-refractivity contribution in [2.45, 2.75) is 13.8 Å². The first-order chi connectivity index (χ1) is 11.6. The molecule has 0 spiro atoms. The minimum absolute atomic E-state index is 0.00799. The van der Waals surface area contributed by atoms with Gasteiger partial charge < -0.3 is 4.74 Å². The van der Waals surface area contributed by atoms with Crippen LogP contribution < -0.4 is 10.3 Å². The molecule has 0 saturated heterocycles. The number of fused-ring (bicyclic) bond motifs is 3. The molecule has 4 heteroatoms. The lowest BCUT2D eigenvalue weighted by atomic mass is 10.1. The van der Waals surface area contributed by atoms with Gasteiger partial charge in [-0.25, -0.2) is 0 Å². The van der Waals surface area contributed by atoms with Crippen molar-refractivity contribution in [2.24, 2.45) is 0 Å². The Bertz CT molecular complexity index is 1120. The molecule has 2 aromatic carbocycles. The molecule has 3 nitrogen and oxygen atoms in total. The number of methoxy groups -OCH3 is 1. The van der Waals surface area contributed by atoms with Crippen molar-refractivity contribution in [3.05, 3.63) is 70.1 Å². The molecule has 4 rings (SSSR count). The van der Waals surface area contributed by atoms with Crippen molar-refractivity contribution in [1.82, 2.24) is 4.57 Å². The van der Waals surface area contributed by atoms with E-state index in [1.54, 1.807) is 29.1 Å². The maximum Gasteiger partial charge on any atom is 0.255 e. The number of hydrogen-bond acceptors (Lipinski definition) is 3. The first-order valence-electron chi connectivity index (χ1n) is 7.78. The molecule has 2 aromatic heterocycles. The maximum atomic E-state index is 12.8. The Labute approximate surface area is 143 Å². The van der Waals surface area contributed by atoms with Crippen molar-refractivity contribution in [3.8, 4) is 11.4 Å². The van der Waals surface area contributed by atoms with Crippen LogP contribution in [0.25, 0.3) is 25.9 Å². The summed E-state index contributed by atoms with van der Waals surface area (Å²) in [5.41, 5.74) is 3.03. The summed E-state index contributed by atoms with van der Waals surface area (Å²) in [5, 5.41) is 2.21. The van der Waals surface area contributed by atoms with E-state index in [1.807, 2.05) is 31.2 Å². The zero-order chi connectivity index (χ0) is 16.8. The second kappa shape index (κ2) is 5.49. The van der Waals surface area contributed by atoms with Crippen molar-refractivity contribution >= 4 is 31.5 Å². The number of hydrogen-bond donors (Lipinski definition) is 0. The normalized spacial score (nSPS) is 11.3. The lowest BCUT2D eigenvalue weighted by molar-refractivity contribution is 0.414. The average Bonchev–Trinajstić information content (AvgIpc) is 2.94. The van der Waals surface area contributed by atoms with Gasteiger partial charge in [0, 0.05) is 32.9 Å². The van der Waals surface area contributed by atoms with Crippen molar-refractivity contribution in [1.29, 1.82) is 0 Å². The first kappa shape index (κ1) is 15.0. The lowest BCUT2D eigenvalue weighted by Gasteiger charge is -2.11. The summed E-state index contributed by atoms with van der Waals surface area (Å²) in [6.07, 6.45) is 0. The molecule has 4 aromatic rings. The van der Waals surface area contributed by atoms with Crippen LogP contribution in [0.15, 0.2) is 53.3 Å². The highest BCUT2D eigenvalue weighted by molar-refractivity contribution is 7.26. The Morgan fingerprint density at radius 3 is 2.42 bits per heavy atom. The van der Waals surface area contributed by atoms with E-state index in [0.29, 0.717) is 0 Å². The van der Waals surface area contributed by atoms with Crippen LogP contribution in [0.4, 0.5) is 0 Å². The largest absolute Gasteiger partial charge is 0.497 e. The smallest absolute Gasteiger partial charge is 0.255 e. The molecular weight excluding hydrogens is 318 g/mol. The lowest BCUT2D eigenvalue weighted by Crippen LogP contribution is -2.19. The second-order valence-corrected chi connectivity index (χ2v) is 7.00. The third-order valence-corrected chi connectivity index (χ3v) is 5.66. The Kier molecular flexibility index (Phi) is 3.43. The van der Waals surface area contributed by atoms with Gasteiger partial charge in [-0.15, -0.1) is 11.3 Å². The fourth-order valence-electron chi connectivity index (χ4n) is 3.15. The van der Waals surface area contributed by atoms with Gasteiger partial charge in [0.2, 0.25) is 0 Å². The van der Waals surface area contributed by atoms with E-state index in [-0.39, 0.29) is 5.56 Å². The minimum Gasteiger partial charge on any atom is -0.497 e. The van der Waals surface area contributed by atoms with Crippen LogP contribution >= 0.6 is 11.3 Å². The van der Waals surface area contributed by atoms with Gasteiger partial charge in [-0.2, -0.15) is 0 Å². The molecule has 0 amide bonds. The van der Waals surface area contributed by atoms with E-state index in [1.165, 1.54) is 10.3 Å². The zero-order valence-corrected chi connectivity index (χ0v) is 14.6. The molecule has 120 valence electrons.